The zero-order chi connectivity index (χ0) is 10.8. The quantitative estimate of drug-likeness (QED) is 0.725. The van der Waals surface area contributed by atoms with Crippen molar-refractivity contribution in [3.63, 3.8) is 0 Å². The van der Waals surface area contributed by atoms with Gasteiger partial charge in [-0.25, -0.2) is 13.1 Å². The summed E-state index contributed by atoms with van der Waals surface area (Å²) in [7, 11) is -3.17. The van der Waals surface area contributed by atoms with E-state index in [2.05, 4.69) is 4.72 Å². The van der Waals surface area contributed by atoms with Crippen LogP contribution in [0.25, 0.3) is 0 Å². The molecule has 2 N–H and O–H groups in total. The van der Waals surface area contributed by atoms with Crippen LogP contribution >= 0.6 is 0 Å². The molecule has 1 aliphatic carbocycles. The van der Waals surface area contributed by atoms with Crippen molar-refractivity contribution in [1.82, 2.24) is 4.72 Å². The molecule has 14 heavy (non-hydrogen) atoms. The average Bonchev–Trinajstić information content (AvgIpc) is 2.47. The largest absolute Gasteiger partial charge is 0.393 e. The molecule has 0 heterocycles. The zero-order valence-electron chi connectivity index (χ0n) is 8.73. The number of hydrogen-bond donors (Lipinski definition) is 2. The smallest absolute Gasteiger partial charge is 0.213 e. The maximum atomic E-state index is 11.4. The average molecular weight is 221 g/mol. The molecule has 1 aliphatic rings. The molecule has 0 amide bonds. The minimum absolute atomic E-state index is 0.100. The second-order valence-electron chi connectivity index (χ2n) is 4.20. The third kappa shape index (κ3) is 2.93. The Balaban J connectivity index is 2.40. The van der Waals surface area contributed by atoms with Crippen molar-refractivity contribution in [2.45, 2.75) is 44.5 Å². The van der Waals surface area contributed by atoms with E-state index in [1.807, 2.05) is 0 Å². The predicted molar refractivity (Wildman–Crippen MR) is 55.4 cm³/mol. The maximum Gasteiger partial charge on any atom is 0.213 e. The number of rotatable bonds is 4. The molecule has 0 saturated heterocycles. The number of sulfonamides is 1. The highest BCUT2D eigenvalue weighted by Crippen LogP contribution is 2.24. The van der Waals surface area contributed by atoms with Crippen LogP contribution < -0.4 is 4.72 Å². The number of nitrogens with one attached hydrogen (secondary N) is 1. The van der Waals surface area contributed by atoms with Crippen LogP contribution in [-0.2, 0) is 10.0 Å². The summed E-state index contributed by atoms with van der Waals surface area (Å²) in [5.41, 5.74) is 0. The molecule has 1 fully saturated rings. The van der Waals surface area contributed by atoms with Crippen molar-refractivity contribution in [1.29, 1.82) is 0 Å². The summed E-state index contributed by atoms with van der Waals surface area (Å²) in [6, 6.07) is 0. The standard InChI is InChI=1S/C9H19NO3S/c1-7(2)14(12,13)10-6-8-4-3-5-9(8)11/h7-11H,3-6H2,1-2H3. The Labute approximate surface area is 85.8 Å². The van der Waals surface area contributed by atoms with Crippen molar-refractivity contribution < 1.29 is 13.5 Å². The molecule has 0 spiro atoms. The molecule has 0 aromatic carbocycles. The summed E-state index contributed by atoms with van der Waals surface area (Å²) in [4.78, 5) is 0. The van der Waals surface area contributed by atoms with Crippen LogP contribution in [0.15, 0.2) is 0 Å². The molecular weight excluding hydrogens is 202 g/mol. The first-order chi connectivity index (χ1) is 6.43. The van der Waals surface area contributed by atoms with Gasteiger partial charge < -0.3 is 5.11 Å². The van der Waals surface area contributed by atoms with E-state index in [1.54, 1.807) is 13.8 Å². The van der Waals surface area contributed by atoms with Gasteiger partial charge in [0.1, 0.15) is 0 Å². The maximum absolute atomic E-state index is 11.4. The van der Waals surface area contributed by atoms with Crippen molar-refractivity contribution >= 4 is 10.0 Å². The van der Waals surface area contributed by atoms with Gasteiger partial charge in [-0.3, -0.25) is 0 Å². The molecule has 4 nitrogen and oxygen atoms in total. The van der Waals surface area contributed by atoms with Gasteiger partial charge in [-0.05, 0) is 32.6 Å². The molecular formula is C9H19NO3S. The van der Waals surface area contributed by atoms with Crippen LogP contribution in [0.1, 0.15) is 33.1 Å². The van der Waals surface area contributed by atoms with Crippen LogP contribution in [0.5, 0.6) is 0 Å². The minimum atomic E-state index is -3.17. The van der Waals surface area contributed by atoms with Gasteiger partial charge in [-0.1, -0.05) is 6.42 Å². The van der Waals surface area contributed by atoms with Crippen molar-refractivity contribution in [2.24, 2.45) is 5.92 Å². The Morgan fingerprint density at radius 3 is 2.50 bits per heavy atom. The fraction of sp³-hybridized carbons (Fsp3) is 1.00. The normalized spacial score (nSPS) is 28.6. The monoisotopic (exact) mass is 221 g/mol. The lowest BCUT2D eigenvalue weighted by atomic mass is 10.1. The first kappa shape index (κ1) is 11.9. The first-order valence-electron chi connectivity index (χ1n) is 5.10. The third-order valence-corrected chi connectivity index (χ3v) is 4.60. The molecule has 1 rings (SSSR count). The lowest BCUT2D eigenvalue weighted by Gasteiger charge is -2.16. The molecule has 84 valence electrons. The van der Waals surface area contributed by atoms with Gasteiger partial charge in [-0.15, -0.1) is 0 Å². The SMILES string of the molecule is CC(C)S(=O)(=O)NCC1CCCC1O. The molecule has 2 unspecified atom stereocenters. The number of hydrogen-bond acceptors (Lipinski definition) is 3. The number of aliphatic hydroxyl groups is 1. The highest BCUT2D eigenvalue weighted by Gasteiger charge is 2.27. The molecule has 0 aromatic rings. The van der Waals surface area contributed by atoms with E-state index in [-0.39, 0.29) is 12.0 Å². The summed E-state index contributed by atoms with van der Waals surface area (Å²) in [6.45, 7) is 3.67. The second-order valence-corrected chi connectivity index (χ2v) is 6.52. The van der Waals surface area contributed by atoms with Crippen LogP contribution in [0.2, 0.25) is 0 Å². The van der Waals surface area contributed by atoms with Gasteiger partial charge in [0.15, 0.2) is 0 Å². The second kappa shape index (κ2) is 4.59. The lowest BCUT2D eigenvalue weighted by molar-refractivity contribution is 0.134. The van der Waals surface area contributed by atoms with E-state index in [9.17, 15) is 13.5 Å². The Morgan fingerprint density at radius 2 is 2.07 bits per heavy atom. The molecule has 5 heteroatoms. The van der Waals surface area contributed by atoms with Gasteiger partial charge in [0.05, 0.1) is 11.4 Å². The van der Waals surface area contributed by atoms with Crippen molar-refractivity contribution in [3.8, 4) is 0 Å². The van der Waals surface area contributed by atoms with E-state index in [1.165, 1.54) is 0 Å². The summed E-state index contributed by atoms with van der Waals surface area (Å²) >= 11 is 0. The highest BCUT2D eigenvalue weighted by atomic mass is 32.2. The number of aliphatic hydroxyl groups excluding tert-OH is 1. The van der Waals surface area contributed by atoms with E-state index in [4.69, 9.17) is 0 Å². The van der Waals surface area contributed by atoms with E-state index < -0.39 is 15.3 Å². The van der Waals surface area contributed by atoms with Crippen molar-refractivity contribution in [2.75, 3.05) is 6.54 Å². The molecule has 0 radical (unpaired) electrons. The van der Waals surface area contributed by atoms with Gasteiger partial charge >= 0.3 is 0 Å². The van der Waals surface area contributed by atoms with E-state index in [0.29, 0.717) is 6.54 Å². The summed E-state index contributed by atoms with van der Waals surface area (Å²) in [5.74, 6) is 0.100. The zero-order valence-corrected chi connectivity index (χ0v) is 9.55. The van der Waals surface area contributed by atoms with Crippen LogP contribution in [-0.4, -0.2) is 31.4 Å². The fourth-order valence-corrected chi connectivity index (χ4v) is 2.42. The van der Waals surface area contributed by atoms with Crippen LogP contribution in [0.4, 0.5) is 0 Å². The molecule has 0 aromatic heterocycles. The highest BCUT2D eigenvalue weighted by molar-refractivity contribution is 7.90. The topological polar surface area (TPSA) is 66.4 Å². The molecule has 2 atom stereocenters. The van der Waals surface area contributed by atoms with Gasteiger partial charge in [0.2, 0.25) is 10.0 Å². The fourth-order valence-electron chi connectivity index (χ4n) is 1.65. The third-order valence-electron chi connectivity index (χ3n) is 2.79. The first-order valence-corrected chi connectivity index (χ1v) is 6.64. The van der Waals surface area contributed by atoms with E-state index in [0.717, 1.165) is 19.3 Å². The predicted octanol–water partition coefficient (Wildman–Crippen LogP) is 0.475. The molecule has 1 saturated carbocycles. The summed E-state index contributed by atoms with van der Waals surface area (Å²) in [5, 5.41) is 9.09. The summed E-state index contributed by atoms with van der Waals surface area (Å²) in [6.07, 6.45) is 2.38. The van der Waals surface area contributed by atoms with E-state index >= 15 is 0 Å². The van der Waals surface area contributed by atoms with Crippen LogP contribution in [0, 0.1) is 5.92 Å². The Bertz CT molecular complexity index is 274. The summed E-state index contributed by atoms with van der Waals surface area (Å²) < 4.78 is 25.3. The van der Waals surface area contributed by atoms with Crippen molar-refractivity contribution in [3.05, 3.63) is 0 Å². The molecule has 0 aliphatic heterocycles. The van der Waals surface area contributed by atoms with Crippen LogP contribution in [0.3, 0.4) is 0 Å². The van der Waals surface area contributed by atoms with Gasteiger partial charge in [0.25, 0.3) is 0 Å². The molecule has 0 bridgehead atoms. The Kier molecular flexibility index (Phi) is 3.92. The van der Waals surface area contributed by atoms with Gasteiger partial charge in [0, 0.05) is 6.54 Å². The Hall–Kier alpha value is -0.130. The van der Waals surface area contributed by atoms with Gasteiger partial charge in [-0.2, -0.15) is 0 Å². The minimum Gasteiger partial charge on any atom is -0.393 e. The Morgan fingerprint density at radius 1 is 1.43 bits per heavy atom. The lowest BCUT2D eigenvalue weighted by Crippen LogP contribution is -2.36.